The first-order chi connectivity index (χ1) is 7.86. The lowest BCUT2D eigenvalue weighted by Crippen LogP contribution is -2.25. The van der Waals surface area contributed by atoms with E-state index in [-0.39, 0.29) is 0 Å². The Morgan fingerprint density at radius 1 is 1.44 bits per heavy atom. The molecule has 1 aromatic heterocycles. The predicted molar refractivity (Wildman–Crippen MR) is 68.0 cm³/mol. The Bertz CT molecular complexity index is 355. The van der Waals surface area contributed by atoms with Crippen molar-refractivity contribution in [3.05, 3.63) is 11.1 Å². The van der Waals surface area contributed by atoms with Gasteiger partial charge >= 0.3 is 0 Å². The first-order valence-corrected chi connectivity index (χ1v) is 7.19. The Balaban J connectivity index is 1.60. The molecule has 2 saturated carbocycles. The lowest BCUT2D eigenvalue weighted by atomic mass is 10.4. The molecule has 0 bridgehead atoms. The van der Waals surface area contributed by atoms with Crippen molar-refractivity contribution in [1.82, 2.24) is 10.3 Å². The van der Waals surface area contributed by atoms with Crippen molar-refractivity contribution in [2.45, 2.75) is 51.2 Å². The van der Waals surface area contributed by atoms with Gasteiger partial charge in [0.1, 0.15) is 0 Å². The summed E-state index contributed by atoms with van der Waals surface area (Å²) in [5, 5.41) is 6.94. The highest BCUT2D eigenvalue weighted by Gasteiger charge is 2.29. The second-order valence-electron chi connectivity index (χ2n) is 4.79. The van der Waals surface area contributed by atoms with E-state index in [2.05, 4.69) is 22.5 Å². The van der Waals surface area contributed by atoms with Gasteiger partial charge in [0.15, 0.2) is 5.13 Å². The minimum atomic E-state index is 0.774. The average Bonchev–Trinajstić information content (AvgIpc) is 3.18. The number of rotatable bonds is 6. The zero-order chi connectivity index (χ0) is 11.0. The highest BCUT2D eigenvalue weighted by Crippen LogP contribution is 2.33. The van der Waals surface area contributed by atoms with Crippen molar-refractivity contribution in [3.63, 3.8) is 0 Å². The maximum absolute atomic E-state index is 4.72. The number of nitrogens with one attached hydrogen (secondary N) is 1. The van der Waals surface area contributed by atoms with Gasteiger partial charge in [-0.25, -0.2) is 4.98 Å². The van der Waals surface area contributed by atoms with Gasteiger partial charge in [-0.2, -0.15) is 0 Å². The van der Waals surface area contributed by atoms with E-state index in [0.717, 1.165) is 25.2 Å². The van der Waals surface area contributed by atoms with Gasteiger partial charge in [-0.05, 0) is 32.6 Å². The second-order valence-corrected chi connectivity index (χ2v) is 5.63. The zero-order valence-electron chi connectivity index (χ0n) is 9.78. The standard InChI is InChI=1S/C12H19N3S/c1-2-15(11-5-6-11)12-14-10(8-16-12)7-13-9-3-4-9/h8-9,11,13H,2-7H2,1H3. The van der Waals surface area contributed by atoms with Crippen molar-refractivity contribution < 1.29 is 0 Å². The third-order valence-corrected chi connectivity index (χ3v) is 4.19. The molecule has 4 heteroatoms. The van der Waals surface area contributed by atoms with E-state index in [0.29, 0.717) is 0 Å². The molecule has 0 amide bonds. The Hall–Kier alpha value is -0.610. The highest BCUT2D eigenvalue weighted by atomic mass is 32.1. The number of hydrogen-bond acceptors (Lipinski definition) is 4. The molecule has 2 fully saturated rings. The summed E-state index contributed by atoms with van der Waals surface area (Å²) < 4.78 is 0. The summed E-state index contributed by atoms with van der Waals surface area (Å²) in [6.45, 7) is 4.26. The maximum Gasteiger partial charge on any atom is 0.185 e. The minimum Gasteiger partial charge on any atom is -0.345 e. The van der Waals surface area contributed by atoms with Gasteiger partial charge in [-0.15, -0.1) is 11.3 Å². The number of anilines is 1. The van der Waals surface area contributed by atoms with E-state index in [1.54, 1.807) is 11.3 Å². The topological polar surface area (TPSA) is 28.2 Å². The predicted octanol–water partition coefficient (Wildman–Crippen LogP) is 2.38. The van der Waals surface area contributed by atoms with Gasteiger partial charge < -0.3 is 10.2 Å². The Kier molecular flexibility index (Phi) is 2.86. The van der Waals surface area contributed by atoms with Crippen LogP contribution in [0.3, 0.4) is 0 Å². The minimum absolute atomic E-state index is 0.774. The summed E-state index contributed by atoms with van der Waals surface area (Å²) in [7, 11) is 0. The van der Waals surface area contributed by atoms with Crippen LogP contribution in [0.2, 0.25) is 0 Å². The summed E-state index contributed by atoms with van der Waals surface area (Å²) in [6.07, 6.45) is 5.40. The van der Waals surface area contributed by atoms with Crippen molar-refractivity contribution in [2.75, 3.05) is 11.4 Å². The zero-order valence-corrected chi connectivity index (χ0v) is 10.6. The van der Waals surface area contributed by atoms with Crippen LogP contribution in [0.25, 0.3) is 0 Å². The van der Waals surface area contributed by atoms with Crippen LogP contribution >= 0.6 is 11.3 Å². The van der Waals surface area contributed by atoms with Crippen LogP contribution in [-0.4, -0.2) is 23.6 Å². The SMILES string of the molecule is CCN(c1nc(CNC2CC2)cs1)C1CC1. The summed E-state index contributed by atoms with van der Waals surface area (Å²) in [5.74, 6) is 0. The molecule has 0 radical (unpaired) electrons. The highest BCUT2D eigenvalue weighted by molar-refractivity contribution is 7.13. The first-order valence-electron chi connectivity index (χ1n) is 6.31. The van der Waals surface area contributed by atoms with Crippen molar-refractivity contribution in [2.24, 2.45) is 0 Å². The average molecular weight is 237 g/mol. The van der Waals surface area contributed by atoms with Crippen LogP contribution in [-0.2, 0) is 6.54 Å². The molecule has 1 heterocycles. The molecule has 1 N–H and O–H groups in total. The molecule has 0 aromatic carbocycles. The summed E-state index contributed by atoms with van der Waals surface area (Å²) in [6, 6.07) is 1.55. The van der Waals surface area contributed by atoms with Crippen LogP contribution in [0.1, 0.15) is 38.3 Å². The van der Waals surface area contributed by atoms with E-state index >= 15 is 0 Å². The summed E-state index contributed by atoms with van der Waals surface area (Å²) in [4.78, 5) is 7.17. The van der Waals surface area contributed by atoms with Gasteiger partial charge in [0.2, 0.25) is 0 Å². The molecule has 0 unspecified atom stereocenters. The molecule has 0 saturated heterocycles. The van der Waals surface area contributed by atoms with Gasteiger partial charge in [0.05, 0.1) is 5.69 Å². The maximum atomic E-state index is 4.72. The molecule has 0 atom stereocenters. The van der Waals surface area contributed by atoms with Crippen LogP contribution in [0.5, 0.6) is 0 Å². The number of thiazole rings is 1. The molecule has 88 valence electrons. The fraction of sp³-hybridized carbons (Fsp3) is 0.750. The lowest BCUT2D eigenvalue weighted by molar-refractivity contribution is 0.676. The molecule has 3 nitrogen and oxygen atoms in total. The summed E-state index contributed by atoms with van der Waals surface area (Å²) in [5.41, 5.74) is 1.21. The fourth-order valence-corrected chi connectivity index (χ4v) is 2.94. The fourth-order valence-electron chi connectivity index (χ4n) is 1.98. The molecule has 2 aliphatic rings. The Morgan fingerprint density at radius 3 is 2.88 bits per heavy atom. The van der Waals surface area contributed by atoms with E-state index in [9.17, 15) is 0 Å². The van der Waals surface area contributed by atoms with Gasteiger partial charge in [-0.3, -0.25) is 0 Å². The smallest absolute Gasteiger partial charge is 0.185 e. The van der Waals surface area contributed by atoms with Crippen LogP contribution in [0.15, 0.2) is 5.38 Å². The Morgan fingerprint density at radius 2 is 2.25 bits per heavy atom. The lowest BCUT2D eigenvalue weighted by Gasteiger charge is -2.18. The van der Waals surface area contributed by atoms with Crippen LogP contribution in [0.4, 0.5) is 5.13 Å². The van der Waals surface area contributed by atoms with Crippen molar-refractivity contribution in [3.8, 4) is 0 Å². The van der Waals surface area contributed by atoms with Crippen LogP contribution < -0.4 is 10.2 Å². The molecule has 0 spiro atoms. The quantitative estimate of drug-likeness (QED) is 0.823. The third kappa shape index (κ3) is 2.38. The molecular formula is C12H19N3S. The van der Waals surface area contributed by atoms with E-state index in [4.69, 9.17) is 4.98 Å². The van der Waals surface area contributed by atoms with Crippen molar-refractivity contribution in [1.29, 1.82) is 0 Å². The molecular weight excluding hydrogens is 218 g/mol. The molecule has 16 heavy (non-hydrogen) atoms. The first kappa shape index (κ1) is 10.5. The van der Waals surface area contributed by atoms with Crippen LogP contribution in [0, 0.1) is 0 Å². The van der Waals surface area contributed by atoms with Gasteiger partial charge in [-0.1, -0.05) is 0 Å². The normalized spacial score (nSPS) is 20.1. The number of nitrogens with zero attached hydrogens (tertiary/aromatic N) is 2. The van der Waals surface area contributed by atoms with E-state index < -0.39 is 0 Å². The van der Waals surface area contributed by atoms with E-state index in [1.807, 2.05) is 0 Å². The summed E-state index contributed by atoms with van der Waals surface area (Å²) >= 11 is 1.80. The molecule has 0 aliphatic heterocycles. The largest absolute Gasteiger partial charge is 0.345 e. The monoisotopic (exact) mass is 237 g/mol. The third-order valence-electron chi connectivity index (χ3n) is 3.26. The van der Waals surface area contributed by atoms with Gasteiger partial charge in [0.25, 0.3) is 0 Å². The van der Waals surface area contributed by atoms with Crippen molar-refractivity contribution >= 4 is 16.5 Å². The Labute approximate surface area is 101 Å². The number of hydrogen-bond donors (Lipinski definition) is 1. The number of aromatic nitrogens is 1. The van der Waals surface area contributed by atoms with E-state index in [1.165, 1.54) is 36.5 Å². The second kappa shape index (κ2) is 4.34. The van der Waals surface area contributed by atoms with Gasteiger partial charge in [0, 0.05) is 30.6 Å². The molecule has 2 aliphatic carbocycles. The molecule has 1 aromatic rings. The molecule has 3 rings (SSSR count).